The van der Waals surface area contributed by atoms with E-state index in [0.29, 0.717) is 0 Å². The van der Waals surface area contributed by atoms with Gasteiger partial charge in [0, 0.05) is 21.9 Å². The Morgan fingerprint density at radius 2 is 0.720 bits per heavy atom. The first-order valence-electron chi connectivity index (χ1n) is 17.1. The number of fused-ring (bicyclic) bond motifs is 5. The first kappa shape index (κ1) is 30.9. The molecule has 0 N–H and O–H groups in total. The van der Waals surface area contributed by atoms with E-state index in [4.69, 9.17) is 9.97 Å². The number of allylic oxidation sites excluding steroid dienone is 2. The van der Waals surface area contributed by atoms with Crippen molar-refractivity contribution in [3.05, 3.63) is 182 Å². The van der Waals surface area contributed by atoms with Crippen molar-refractivity contribution in [3.8, 4) is 44.8 Å². The molecule has 7 aromatic carbocycles. The van der Waals surface area contributed by atoms with Crippen LogP contribution in [0, 0.1) is 0 Å². The Balaban J connectivity index is 0.000000859. The average Bonchev–Trinajstić information content (AvgIpc) is 3.20. The molecular weight excluding hydrogens is 605 g/mol. The quantitative estimate of drug-likeness (QED) is 0.141. The maximum atomic E-state index is 5.42. The smallest absolute Gasteiger partial charge is 0.0978 e. The largest absolute Gasteiger partial charge is 0.245 e. The molecule has 2 heterocycles. The molecule has 0 spiro atoms. The van der Waals surface area contributed by atoms with Gasteiger partial charge in [-0.2, -0.15) is 0 Å². The van der Waals surface area contributed by atoms with E-state index in [9.17, 15) is 0 Å². The van der Waals surface area contributed by atoms with Crippen LogP contribution < -0.4 is 0 Å². The summed E-state index contributed by atoms with van der Waals surface area (Å²) in [5.41, 5.74) is 10.5. The molecule has 0 bridgehead atoms. The van der Waals surface area contributed by atoms with Crippen molar-refractivity contribution in [1.29, 1.82) is 0 Å². The van der Waals surface area contributed by atoms with Gasteiger partial charge in [-0.05, 0) is 81.9 Å². The van der Waals surface area contributed by atoms with Crippen LogP contribution in [0.15, 0.2) is 182 Å². The molecule has 9 rings (SSSR count). The van der Waals surface area contributed by atoms with Crippen molar-refractivity contribution in [2.45, 2.75) is 13.8 Å². The van der Waals surface area contributed by atoms with Crippen molar-refractivity contribution in [2.24, 2.45) is 0 Å². The molecule has 0 saturated heterocycles. The fourth-order valence-corrected chi connectivity index (χ4v) is 6.68. The van der Waals surface area contributed by atoms with E-state index in [1.54, 1.807) is 0 Å². The van der Waals surface area contributed by atoms with Gasteiger partial charge in [0.15, 0.2) is 0 Å². The summed E-state index contributed by atoms with van der Waals surface area (Å²) >= 11 is 0. The Kier molecular flexibility index (Phi) is 8.42. The molecular formula is C48H36N2. The Bertz CT molecular complexity index is 2470. The number of nitrogens with zero attached hydrogens (tertiary/aromatic N) is 2. The number of rotatable bonds is 4. The second-order valence-corrected chi connectivity index (χ2v) is 12.5. The van der Waals surface area contributed by atoms with Gasteiger partial charge in [-0.25, -0.2) is 9.97 Å². The summed E-state index contributed by atoms with van der Waals surface area (Å²) in [6.07, 6.45) is 4.00. The zero-order valence-electron chi connectivity index (χ0n) is 28.2. The van der Waals surface area contributed by atoms with Crippen LogP contribution in [-0.2, 0) is 0 Å². The standard InChI is InChI=1S/C44H28N2.C4H8/c1-3-13-31(14-4-1)39-27-41(35-21-19-29-11-7-9-17-33(29)25-35)45-43-37(39)23-24-38-40(32-15-5-2-6-16-32)28-42(46-44(38)43)36-22-20-30-12-8-10-18-34(30)26-36;1-3-4-2/h1-28H;3-4H,1-2H3/b;4-3-. The summed E-state index contributed by atoms with van der Waals surface area (Å²) < 4.78 is 0. The number of pyridine rings is 2. The molecule has 0 radical (unpaired) electrons. The van der Waals surface area contributed by atoms with Crippen LogP contribution in [-0.4, -0.2) is 9.97 Å². The number of aromatic nitrogens is 2. The van der Waals surface area contributed by atoms with Gasteiger partial charge in [0.05, 0.1) is 22.4 Å². The van der Waals surface area contributed by atoms with Crippen LogP contribution in [0.4, 0.5) is 0 Å². The van der Waals surface area contributed by atoms with Crippen LogP contribution >= 0.6 is 0 Å². The minimum absolute atomic E-state index is 0.904. The van der Waals surface area contributed by atoms with E-state index in [1.165, 1.54) is 21.5 Å². The summed E-state index contributed by atoms with van der Waals surface area (Å²) in [4.78, 5) is 10.8. The highest BCUT2D eigenvalue weighted by molar-refractivity contribution is 6.13. The predicted molar refractivity (Wildman–Crippen MR) is 214 cm³/mol. The zero-order valence-corrected chi connectivity index (χ0v) is 28.2. The molecule has 0 amide bonds. The summed E-state index contributed by atoms with van der Waals surface area (Å²) in [6, 6.07) is 60.3. The Hall–Kier alpha value is -6.38. The van der Waals surface area contributed by atoms with Crippen molar-refractivity contribution in [2.75, 3.05) is 0 Å². The molecule has 0 atom stereocenters. The van der Waals surface area contributed by atoms with Gasteiger partial charge in [-0.3, -0.25) is 0 Å². The monoisotopic (exact) mass is 640 g/mol. The molecule has 0 unspecified atom stereocenters. The normalized spacial score (nSPS) is 11.3. The highest BCUT2D eigenvalue weighted by atomic mass is 14.8. The second kappa shape index (κ2) is 13.6. The highest BCUT2D eigenvalue weighted by Crippen LogP contribution is 2.40. The summed E-state index contributed by atoms with van der Waals surface area (Å²) in [5, 5.41) is 7.01. The van der Waals surface area contributed by atoms with Crippen molar-refractivity contribution in [3.63, 3.8) is 0 Å². The number of hydrogen-bond acceptors (Lipinski definition) is 2. The van der Waals surface area contributed by atoms with Crippen LogP contribution in [0.25, 0.3) is 88.1 Å². The highest BCUT2D eigenvalue weighted by Gasteiger charge is 2.17. The zero-order chi connectivity index (χ0) is 33.9. The molecule has 2 nitrogen and oxygen atoms in total. The van der Waals surface area contributed by atoms with Gasteiger partial charge in [-0.1, -0.05) is 158 Å². The lowest BCUT2D eigenvalue weighted by Gasteiger charge is -2.16. The van der Waals surface area contributed by atoms with E-state index >= 15 is 0 Å². The van der Waals surface area contributed by atoms with Crippen LogP contribution in [0.1, 0.15) is 13.8 Å². The molecule has 0 aliphatic rings. The predicted octanol–water partition coefficient (Wildman–Crippen LogP) is 13.3. The Morgan fingerprint density at radius 3 is 1.12 bits per heavy atom. The minimum Gasteiger partial charge on any atom is -0.245 e. The van der Waals surface area contributed by atoms with Crippen molar-refractivity contribution < 1.29 is 0 Å². The van der Waals surface area contributed by atoms with E-state index in [-0.39, 0.29) is 0 Å². The average molecular weight is 641 g/mol. The molecule has 50 heavy (non-hydrogen) atoms. The molecule has 2 heteroatoms. The van der Waals surface area contributed by atoms with E-state index in [2.05, 4.69) is 170 Å². The van der Waals surface area contributed by atoms with Gasteiger partial charge in [0.25, 0.3) is 0 Å². The lowest BCUT2D eigenvalue weighted by molar-refractivity contribution is 1.37. The Labute approximate surface area is 293 Å². The van der Waals surface area contributed by atoms with Gasteiger partial charge in [0.2, 0.25) is 0 Å². The summed E-state index contributed by atoms with van der Waals surface area (Å²) in [5.74, 6) is 0. The summed E-state index contributed by atoms with van der Waals surface area (Å²) in [6.45, 7) is 4.00. The molecule has 2 aromatic heterocycles. The van der Waals surface area contributed by atoms with Gasteiger partial charge < -0.3 is 0 Å². The topological polar surface area (TPSA) is 25.8 Å². The second-order valence-electron chi connectivity index (χ2n) is 12.5. The van der Waals surface area contributed by atoms with Crippen molar-refractivity contribution in [1.82, 2.24) is 9.97 Å². The molecule has 0 aliphatic heterocycles. The third kappa shape index (κ3) is 5.93. The van der Waals surface area contributed by atoms with E-state index in [1.807, 2.05) is 26.0 Å². The fourth-order valence-electron chi connectivity index (χ4n) is 6.68. The first-order valence-corrected chi connectivity index (χ1v) is 17.1. The lowest BCUT2D eigenvalue weighted by atomic mass is 9.93. The first-order chi connectivity index (χ1) is 24.7. The number of benzene rings is 7. The SMILES string of the molecule is C/C=C\C.c1ccc(-c2cc(-c3ccc4ccccc4c3)nc3c2ccc2c(-c4ccccc4)cc(-c4ccc5ccccc5c4)nc23)cc1. The fraction of sp³-hybridized carbons (Fsp3) is 0.0417. The van der Waals surface area contributed by atoms with E-state index in [0.717, 1.165) is 66.6 Å². The van der Waals surface area contributed by atoms with Crippen LogP contribution in [0.2, 0.25) is 0 Å². The van der Waals surface area contributed by atoms with Crippen LogP contribution in [0.3, 0.4) is 0 Å². The minimum atomic E-state index is 0.904. The van der Waals surface area contributed by atoms with Crippen molar-refractivity contribution >= 4 is 43.4 Å². The molecule has 0 saturated carbocycles. The third-order valence-electron chi connectivity index (χ3n) is 9.35. The van der Waals surface area contributed by atoms with Crippen LogP contribution in [0.5, 0.6) is 0 Å². The number of hydrogen-bond donors (Lipinski definition) is 0. The third-order valence-corrected chi connectivity index (χ3v) is 9.35. The maximum absolute atomic E-state index is 5.42. The summed E-state index contributed by atoms with van der Waals surface area (Å²) in [7, 11) is 0. The van der Waals surface area contributed by atoms with Gasteiger partial charge in [-0.15, -0.1) is 0 Å². The molecule has 0 aliphatic carbocycles. The van der Waals surface area contributed by atoms with E-state index < -0.39 is 0 Å². The Morgan fingerprint density at radius 1 is 0.340 bits per heavy atom. The van der Waals surface area contributed by atoms with Gasteiger partial charge in [0.1, 0.15) is 0 Å². The lowest BCUT2D eigenvalue weighted by Crippen LogP contribution is -1.95. The molecule has 9 aromatic rings. The molecule has 238 valence electrons. The van der Waals surface area contributed by atoms with Gasteiger partial charge >= 0.3 is 0 Å². The molecule has 0 fully saturated rings. The maximum Gasteiger partial charge on any atom is 0.0978 e.